The third kappa shape index (κ3) is 7.35. The molecule has 0 unspecified atom stereocenters. The number of aromatic nitrogens is 1. The predicted molar refractivity (Wildman–Crippen MR) is 102 cm³/mol. The average molecular weight is 340 g/mol. The van der Waals surface area contributed by atoms with Crippen LogP contribution in [0, 0.1) is 0 Å². The molecule has 0 bridgehead atoms. The maximum Gasteiger partial charge on any atom is 0.191 e. The van der Waals surface area contributed by atoms with Gasteiger partial charge in [-0.1, -0.05) is 30.3 Å². The first-order valence-electron chi connectivity index (χ1n) is 8.79. The zero-order chi connectivity index (χ0) is 17.9. The molecule has 1 heterocycles. The summed E-state index contributed by atoms with van der Waals surface area (Å²) in [7, 11) is 0. The Morgan fingerprint density at radius 3 is 2.68 bits per heavy atom. The van der Waals surface area contributed by atoms with Gasteiger partial charge in [-0.3, -0.25) is 4.98 Å². The van der Waals surface area contributed by atoms with Gasteiger partial charge < -0.3 is 15.4 Å². The lowest BCUT2D eigenvalue weighted by atomic mass is 10.1. The minimum Gasteiger partial charge on any atom is -0.374 e. The zero-order valence-corrected chi connectivity index (χ0v) is 15.3. The molecule has 0 atom stereocenters. The predicted octanol–water partition coefficient (Wildman–Crippen LogP) is 3.26. The van der Waals surface area contributed by atoms with Crippen LogP contribution in [0.15, 0.2) is 53.7 Å². The van der Waals surface area contributed by atoms with Crippen molar-refractivity contribution in [3.05, 3.63) is 65.5 Å². The van der Waals surface area contributed by atoms with Crippen molar-refractivity contribution in [2.24, 2.45) is 4.99 Å². The van der Waals surface area contributed by atoms with Gasteiger partial charge in [-0.05, 0) is 44.0 Å². The SMILES string of the molecule is CCNC(=NCc1cccc(COC(C)C)c1)NCc1ccccn1. The highest BCUT2D eigenvalue weighted by Gasteiger charge is 2.01. The maximum absolute atomic E-state index is 5.67. The van der Waals surface area contributed by atoms with E-state index in [0.29, 0.717) is 19.7 Å². The third-order valence-corrected chi connectivity index (χ3v) is 3.50. The summed E-state index contributed by atoms with van der Waals surface area (Å²) in [5, 5.41) is 6.58. The summed E-state index contributed by atoms with van der Waals surface area (Å²) in [6.45, 7) is 8.86. The molecule has 0 spiro atoms. The fraction of sp³-hybridized carbons (Fsp3) is 0.400. The van der Waals surface area contributed by atoms with E-state index in [0.717, 1.165) is 18.2 Å². The summed E-state index contributed by atoms with van der Waals surface area (Å²) in [5.74, 6) is 0.789. The number of nitrogens with zero attached hydrogens (tertiary/aromatic N) is 2. The smallest absolute Gasteiger partial charge is 0.191 e. The molecule has 2 rings (SSSR count). The Kier molecular flexibility index (Phi) is 7.92. The van der Waals surface area contributed by atoms with Gasteiger partial charge in [0.2, 0.25) is 0 Å². The largest absolute Gasteiger partial charge is 0.374 e. The van der Waals surface area contributed by atoms with Gasteiger partial charge >= 0.3 is 0 Å². The molecule has 1 aromatic carbocycles. The number of hydrogen-bond donors (Lipinski definition) is 2. The maximum atomic E-state index is 5.67. The van der Waals surface area contributed by atoms with E-state index in [2.05, 4.69) is 51.8 Å². The monoisotopic (exact) mass is 340 g/mol. The lowest BCUT2D eigenvalue weighted by Crippen LogP contribution is -2.37. The summed E-state index contributed by atoms with van der Waals surface area (Å²) in [6.07, 6.45) is 2.03. The van der Waals surface area contributed by atoms with E-state index in [1.165, 1.54) is 11.1 Å². The quantitative estimate of drug-likeness (QED) is 0.572. The average Bonchev–Trinajstić information content (AvgIpc) is 2.63. The van der Waals surface area contributed by atoms with Crippen LogP contribution in [0.5, 0.6) is 0 Å². The number of hydrogen-bond acceptors (Lipinski definition) is 3. The van der Waals surface area contributed by atoms with Crippen LogP contribution >= 0.6 is 0 Å². The Morgan fingerprint density at radius 2 is 1.96 bits per heavy atom. The standard InChI is InChI=1S/C20H28N4O/c1-4-21-20(24-14-19-10-5-6-11-22-19)23-13-17-8-7-9-18(12-17)15-25-16(2)3/h5-12,16H,4,13-15H2,1-3H3,(H2,21,23,24). The van der Waals surface area contributed by atoms with Gasteiger partial charge in [0, 0.05) is 12.7 Å². The van der Waals surface area contributed by atoms with Crippen molar-refractivity contribution >= 4 is 5.96 Å². The molecule has 0 aliphatic rings. The molecule has 0 radical (unpaired) electrons. The number of nitrogens with one attached hydrogen (secondary N) is 2. The van der Waals surface area contributed by atoms with E-state index >= 15 is 0 Å². The van der Waals surface area contributed by atoms with E-state index in [9.17, 15) is 0 Å². The van der Waals surface area contributed by atoms with E-state index < -0.39 is 0 Å². The lowest BCUT2D eigenvalue weighted by Gasteiger charge is -2.11. The summed E-state index contributed by atoms with van der Waals surface area (Å²) in [4.78, 5) is 8.98. The highest BCUT2D eigenvalue weighted by atomic mass is 16.5. The first kappa shape index (κ1) is 18.9. The zero-order valence-electron chi connectivity index (χ0n) is 15.3. The van der Waals surface area contributed by atoms with Crippen molar-refractivity contribution in [1.29, 1.82) is 0 Å². The molecule has 5 nitrogen and oxygen atoms in total. The summed E-state index contributed by atoms with van der Waals surface area (Å²) in [6, 6.07) is 14.3. The Hall–Kier alpha value is -2.40. The van der Waals surface area contributed by atoms with Gasteiger partial charge in [0.15, 0.2) is 5.96 Å². The van der Waals surface area contributed by atoms with Gasteiger partial charge in [-0.15, -0.1) is 0 Å². The number of aliphatic imine (C=N–C) groups is 1. The van der Waals surface area contributed by atoms with Crippen LogP contribution in [-0.2, 0) is 24.4 Å². The molecule has 0 saturated heterocycles. The molecule has 0 amide bonds. The topological polar surface area (TPSA) is 58.5 Å². The number of rotatable bonds is 8. The second-order valence-electron chi connectivity index (χ2n) is 6.05. The number of benzene rings is 1. The van der Waals surface area contributed by atoms with E-state index in [1.54, 1.807) is 6.20 Å². The van der Waals surface area contributed by atoms with Crippen LogP contribution in [-0.4, -0.2) is 23.6 Å². The number of ether oxygens (including phenoxy) is 1. The second kappa shape index (κ2) is 10.5. The lowest BCUT2D eigenvalue weighted by molar-refractivity contribution is 0.0657. The molecular weight excluding hydrogens is 312 g/mol. The van der Waals surface area contributed by atoms with E-state index in [1.807, 2.05) is 32.0 Å². The first-order valence-corrected chi connectivity index (χ1v) is 8.79. The Balaban J connectivity index is 1.94. The molecule has 2 N–H and O–H groups in total. The van der Waals surface area contributed by atoms with Crippen LogP contribution in [0.1, 0.15) is 37.6 Å². The highest BCUT2D eigenvalue weighted by Crippen LogP contribution is 2.09. The normalized spacial score (nSPS) is 11.6. The van der Waals surface area contributed by atoms with E-state index in [4.69, 9.17) is 4.74 Å². The van der Waals surface area contributed by atoms with Crippen molar-refractivity contribution < 1.29 is 4.74 Å². The molecule has 1 aromatic heterocycles. The highest BCUT2D eigenvalue weighted by molar-refractivity contribution is 5.79. The molecule has 25 heavy (non-hydrogen) atoms. The number of guanidine groups is 1. The van der Waals surface area contributed by atoms with Gasteiger partial charge in [0.05, 0.1) is 31.5 Å². The molecule has 5 heteroatoms. The summed E-state index contributed by atoms with van der Waals surface area (Å²) >= 11 is 0. The van der Waals surface area contributed by atoms with Crippen LogP contribution in [0.4, 0.5) is 0 Å². The Labute approximate surface area is 150 Å². The molecule has 0 aliphatic heterocycles. The molecular formula is C20H28N4O. The molecule has 0 fully saturated rings. The Bertz CT molecular complexity index is 656. The van der Waals surface area contributed by atoms with Gasteiger partial charge in [0.1, 0.15) is 0 Å². The van der Waals surface area contributed by atoms with Crippen LogP contribution in [0.25, 0.3) is 0 Å². The van der Waals surface area contributed by atoms with Crippen molar-refractivity contribution in [3.63, 3.8) is 0 Å². The minimum atomic E-state index is 0.234. The Morgan fingerprint density at radius 1 is 1.12 bits per heavy atom. The third-order valence-electron chi connectivity index (χ3n) is 3.50. The molecule has 0 saturated carbocycles. The van der Waals surface area contributed by atoms with Crippen molar-refractivity contribution in [2.75, 3.05) is 6.54 Å². The number of pyridine rings is 1. The van der Waals surface area contributed by atoms with Crippen LogP contribution < -0.4 is 10.6 Å². The summed E-state index contributed by atoms with van der Waals surface area (Å²) in [5.41, 5.74) is 3.33. The fourth-order valence-electron chi connectivity index (χ4n) is 2.27. The van der Waals surface area contributed by atoms with E-state index in [-0.39, 0.29) is 6.10 Å². The van der Waals surface area contributed by atoms with Crippen molar-refractivity contribution in [3.8, 4) is 0 Å². The molecule has 0 aliphatic carbocycles. The van der Waals surface area contributed by atoms with Crippen LogP contribution in [0.3, 0.4) is 0 Å². The second-order valence-corrected chi connectivity index (χ2v) is 6.05. The van der Waals surface area contributed by atoms with Crippen LogP contribution in [0.2, 0.25) is 0 Å². The fourth-order valence-corrected chi connectivity index (χ4v) is 2.27. The first-order chi connectivity index (χ1) is 12.2. The van der Waals surface area contributed by atoms with Gasteiger partial charge in [0.25, 0.3) is 0 Å². The van der Waals surface area contributed by atoms with Crippen molar-refractivity contribution in [2.45, 2.75) is 46.6 Å². The molecule has 134 valence electrons. The van der Waals surface area contributed by atoms with Gasteiger partial charge in [-0.2, -0.15) is 0 Å². The van der Waals surface area contributed by atoms with Crippen molar-refractivity contribution in [1.82, 2.24) is 15.6 Å². The molecule has 2 aromatic rings. The van der Waals surface area contributed by atoms with Gasteiger partial charge in [-0.25, -0.2) is 4.99 Å². The summed E-state index contributed by atoms with van der Waals surface area (Å²) < 4.78 is 5.67. The minimum absolute atomic E-state index is 0.234.